The summed E-state index contributed by atoms with van der Waals surface area (Å²) in [5.41, 5.74) is 1.44. The fraction of sp³-hybridized carbons (Fsp3) is 0.706. The predicted molar refractivity (Wildman–Crippen MR) is 356 cm³/mol. The molecule has 25 heteroatoms. The average Bonchev–Trinajstić information content (AvgIpc) is 1.69. The molecule has 0 radical (unpaired) electrons. The Balaban J connectivity index is 1.89. The first kappa shape index (κ1) is 77.8. The van der Waals surface area contributed by atoms with Gasteiger partial charge in [-0.15, -0.1) is 0 Å². The lowest BCUT2D eigenvalue weighted by Crippen LogP contribution is -2.61. The van der Waals surface area contributed by atoms with Crippen LogP contribution in [0.2, 0.25) is 0 Å². The number of aromatic nitrogens is 1. The standard InChI is InChI=1S/C68H111N13O12/c1-21-43(10)58-62(87)73-51(35-47-37-69-49-28-24-23-27-48(47)49)64(89)74(14)38-57(83)76(16)46(13)60(85)72-52(66(91)81-29-25-22-26-30-81)36-56(82)75(15)45(12)59(84)71-50(31-39(2)3)65(90)79(19)54(33-41(6)7)67(92)77(17)53(32-40(4)5)61(86)70-44(11)63(88)78(18)55(34-42(8)9)68(93)80(58)20/h23-24,27-28,37,39-46,50-55,58,69H,21-22,25-26,29-36,38H2,1-20H3,(H,70,86)(H,71,84)(H,72,85)(H,73,87)/t43-,44-,45-,46-,50-,51-,52-,53-,54-,55-,58-/m0/s1. The third-order valence-electron chi connectivity index (χ3n) is 18.5. The molecule has 2 saturated heterocycles. The van der Waals surface area contributed by atoms with Gasteiger partial charge in [-0.05, 0) is 107 Å². The van der Waals surface area contributed by atoms with Crippen molar-refractivity contribution in [2.24, 2.45) is 29.6 Å². The highest BCUT2D eigenvalue weighted by Gasteiger charge is 2.43. The molecular formula is C68H111N13O12. The van der Waals surface area contributed by atoms with Crippen LogP contribution in [0.3, 0.4) is 0 Å². The Morgan fingerprint density at radius 1 is 0.505 bits per heavy atom. The average molecular weight is 1300 g/mol. The molecule has 11 atom stereocenters. The second-order valence-electron chi connectivity index (χ2n) is 27.8. The lowest BCUT2D eigenvalue weighted by atomic mass is 9.94. The summed E-state index contributed by atoms with van der Waals surface area (Å²) in [6.45, 7) is 23.3. The van der Waals surface area contributed by atoms with E-state index in [9.17, 15) is 43.2 Å². The van der Waals surface area contributed by atoms with Gasteiger partial charge in [-0.2, -0.15) is 0 Å². The molecule has 5 N–H and O–H groups in total. The Kier molecular flexibility index (Phi) is 29.3. The van der Waals surface area contributed by atoms with E-state index in [-0.39, 0.29) is 55.8 Å². The predicted octanol–water partition coefficient (Wildman–Crippen LogP) is 3.78. The minimum absolute atomic E-state index is 0.0524. The fourth-order valence-electron chi connectivity index (χ4n) is 12.2. The highest BCUT2D eigenvalue weighted by atomic mass is 16.2. The van der Waals surface area contributed by atoms with E-state index in [0.29, 0.717) is 37.9 Å². The molecule has 25 nitrogen and oxygen atoms in total. The summed E-state index contributed by atoms with van der Waals surface area (Å²) in [6, 6.07) is -4.86. The van der Waals surface area contributed by atoms with Gasteiger partial charge in [0.1, 0.15) is 60.4 Å². The topological polar surface area (TPSA) is 295 Å². The van der Waals surface area contributed by atoms with Crippen molar-refractivity contribution in [3.8, 4) is 0 Å². The number of rotatable bonds is 13. The van der Waals surface area contributed by atoms with E-state index in [1.165, 1.54) is 89.7 Å². The molecule has 93 heavy (non-hydrogen) atoms. The van der Waals surface area contributed by atoms with Gasteiger partial charge in [0.15, 0.2) is 0 Å². The van der Waals surface area contributed by atoms with Crippen LogP contribution >= 0.6 is 0 Å². The first-order valence-electron chi connectivity index (χ1n) is 33.3. The summed E-state index contributed by atoms with van der Waals surface area (Å²) < 4.78 is 0. The van der Waals surface area contributed by atoms with Crippen molar-refractivity contribution in [3.05, 3.63) is 36.0 Å². The quantitative estimate of drug-likeness (QED) is 0.192. The van der Waals surface area contributed by atoms with Crippen molar-refractivity contribution in [1.82, 2.24) is 65.5 Å². The zero-order chi connectivity index (χ0) is 70.2. The second-order valence-corrected chi connectivity index (χ2v) is 27.8. The zero-order valence-electron chi connectivity index (χ0n) is 59.2. The number of hydrogen-bond acceptors (Lipinski definition) is 12. The van der Waals surface area contributed by atoms with E-state index in [1.54, 1.807) is 18.0 Å². The van der Waals surface area contributed by atoms with Gasteiger partial charge in [0, 0.05) is 85.9 Å². The summed E-state index contributed by atoms with van der Waals surface area (Å²) >= 11 is 0. The van der Waals surface area contributed by atoms with Crippen LogP contribution in [0.5, 0.6) is 0 Å². The molecule has 12 amide bonds. The highest BCUT2D eigenvalue weighted by Crippen LogP contribution is 2.25. The molecule has 0 bridgehead atoms. The summed E-state index contributed by atoms with van der Waals surface area (Å²) in [6.07, 6.45) is 4.39. The summed E-state index contributed by atoms with van der Waals surface area (Å²) in [4.78, 5) is 190. The maximum absolute atomic E-state index is 15.2. The molecule has 2 aliphatic rings. The molecular weight excluding hydrogens is 1190 g/mol. The molecule has 4 rings (SSSR count). The van der Waals surface area contributed by atoms with Gasteiger partial charge in [0.05, 0.1) is 13.0 Å². The van der Waals surface area contributed by atoms with E-state index >= 15 is 14.4 Å². The van der Waals surface area contributed by atoms with Crippen LogP contribution in [0, 0.1) is 29.6 Å². The zero-order valence-corrected chi connectivity index (χ0v) is 59.2. The van der Waals surface area contributed by atoms with Gasteiger partial charge in [0.25, 0.3) is 0 Å². The monoisotopic (exact) mass is 1300 g/mol. The molecule has 520 valence electrons. The minimum Gasteiger partial charge on any atom is -0.361 e. The van der Waals surface area contributed by atoms with Crippen LogP contribution in [-0.2, 0) is 64.0 Å². The van der Waals surface area contributed by atoms with E-state index < -0.39 is 150 Å². The molecule has 2 aliphatic heterocycles. The van der Waals surface area contributed by atoms with Gasteiger partial charge < -0.3 is 65.5 Å². The van der Waals surface area contributed by atoms with Crippen molar-refractivity contribution in [2.75, 3.05) is 69.0 Å². The molecule has 0 spiro atoms. The third kappa shape index (κ3) is 20.7. The third-order valence-corrected chi connectivity index (χ3v) is 18.5. The molecule has 2 fully saturated rings. The first-order chi connectivity index (χ1) is 43.4. The molecule has 2 aromatic rings. The Hall–Kier alpha value is -7.60. The maximum Gasteiger partial charge on any atom is 0.245 e. The number of aromatic amines is 1. The van der Waals surface area contributed by atoms with Crippen molar-refractivity contribution < 1.29 is 57.5 Å². The number of amides is 12. The van der Waals surface area contributed by atoms with E-state index in [0.717, 1.165) is 32.0 Å². The van der Waals surface area contributed by atoms with Crippen molar-refractivity contribution in [3.63, 3.8) is 0 Å². The van der Waals surface area contributed by atoms with Crippen molar-refractivity contribution >= 4 is 81.8 Å². The Morgan fingerprint density at radius 3 is 1.54 bits per heavy atom. The molecule has 1 aromatic carbocycles. The number of nitrogens with one attached hydrogen (secondary N) is 5. The lowest BCUT2D eigenvalue weighted by Gasteiger charge is -2.39. The number of likely N-dealkylation sites (tertiary alicyclic amines) is 1. The van der Waals surface area contributed by atoms with Gasteiger partial charge in [0.2, 0.25) is 70.9 Å². The largest absolute Gasteiger partial charge is 0.361 e. The van der Waals surface area contributed by atoms with Gasteiger partial charge in [-0.1, -0.05) is 93.9 Å². The SMILES string of the molecule is CC[C@H](C)[C@H]1C(=O)N[C@@H](Cc2c[nH]c3ccccc23)C(=O)N(C)CC(=O)N(C)[C@@H](C)C(=O)N[C@H](C(=O)N2CCCCC2)CC(=O)N(C)[C@@H](C)C(=O)N[C@@H](CC(C)C)C(=O)N(C)[C@@H](CC(C)C)C(=O)N(C)[C@@H](CC(C)C)C(=O)N[C@@H](C)C(=O)N(C)[C@@H](CC(C)C)C(=O)N1C. The fourth-order valence-corrected chi connectivity index (χ4v) is 12.2. The molecule has 0 unspecified atom stereocenters. The van der Waals surface area contributed by atoms with Crippen LogP contribution < -0.4 is 21.3 Å². The van der Waals surface area contributed by atoms with Crippen LogP contribution in [-0.4, -0.2) is 244 Å². The highest BCUT2D eigenvalue weighted by molar-refractivity contribution is 6.00. The lowest BCUT2D eigenvalue weighted by molar-refractivity contribution is -0.152. The van der Waals surface area contributed by atoms with Gasteiger partial charge in [-0.25, -0.2) is 0 Å². The van der Waals surface area contributed by atoms with Crippen LogP contribution in [0.1, 0.15) is 153 Å². The number of hydrogen-bond donors (Lipinski definition) is 5. The number of piperidine rings is 1. The summed E-state index contributed by atoms with van der Waals surface area (Å²) in [7, 11) is 10.0. The minimum atomic E-state index is -1.43. The van der Waals surface area contributed by atoms with Gasteiger partial charge in [-0.3, -0.25) is 57.5 Å². The smallest absolute Gasteiger partial charge is 0.245 e. The van der Waals surface area contributed by atoms with Crippen molar-refractivity contribution in [2.45, 2.75) is 215 Å². The molecule has 0 saturated carbocycles. The van der Waals surface area contributed by atoms with Crippen LogP contribution in [0.25, 0.3) is 10.9 Å². The number of carbonyl (C=O) groups is 12. The summed E-state index contributed by atoms with van der Waals surface area (Å²) in [5.74, 6) is -8.89. The maximum atomic E-state index is 15.2. The number of para-hydroxylation sites is 1. The van der Waals surface area contributed by atoms with Crippen LogP contribution in [0.4, 0.5) is 0 Å². The first-order valence-corrected chi connectivity index (χ1v) is 33.3. The molecule has 0 aliphatic carbocycles. The van der Waals surface area contributed by atoms with E-state index in [1.807, 2.05) is 86.6 Å². The number of nitrogens with zero attached hydrogens (tertiary/aromatic N) is 8. The molecule has 1 aromatic heterocycles. The number of likely N-dealkylation sites (N-methyl/N-ethyl adjacent to an activating group) is 7. The number of fused-ring (bicyclic) bond motifs is 1. The number of H-pyrrole nitrogens is 1. The number of benzene rings is 1. The Bertz CT molecular complexity index is 2960. The van der Waals surface area contributed by atoms with Crippen LogP contribution in [0.15, 0.2) is 30.5 Å². The van der Waals surface area contributed by atoms with E-state index in [4.69, 9.17) is 0 Å². The number of carbonyl (C=O) groups excluding carboxylic acids is 12. The van der Waals surface area contributed by atoms with Crippen molar-refractivity contribution in [1.29, 1.82) is 0 Å². The normalized spacial score (nSPS) is 26.2. The Morgan fingerprint density at radius 2 is 0.989 bits per heavy atom. The van der Waals surface area contributed by atoms with Gasteiger partial charge >= 0.3 is 0 Å². The van der Waals surface area contributed by atoms with E-state index in [2.05, 4.69) is 26.3 Å². The molecule has 3 heterocycles. The summed E-state index contributed by atoms with van der Waals surface area (Å²) in [5, 5.41) is 12.1. The second kappa shape index (κ2) is 35.1. The Labute approximate surface area is 551 Å².